The fraction of sp³-hybridized carbons (Fsp3) is 0.429. The van der Waals surface area contributed by atoms with Gasteiger partial charge in [-0.15, -0.1) is 0 Å². The van der Waals surface area contributed by atoms with Gasteiger partial charge in [0.2, 0.25) is 6.04 Å². The molecule has 0 bridgehead atoms. The molecule has 110 valence electrons. The SMILES string of the molecule is CCOC(=O)[N+](C)(OC)C(Cc1ccccc1)C(N)=O. The maximum Gasteiger partial charge on any atom is 0.550 e. The third-order valence-electron chi connectivity index (χ3n) is 3.20. The van der Waals surface area contributed by atoms with Crippen molar-refractivity contribution in [3.63, 3.8) is 0 Å². The number of hydroxylamine groups is 3. The van der Waals surface area contributed by atoms with Crippen LogP contribution in [-0.4, -0.2) is 43.5 Å². The normalized spacial score (nSPS) is 15.2. The predicted molar refractivity (Wildman–Crippen MR) is 73.3 cm³/mol. The third-order valence-corrected chi connectivity index (χ3v) is 3.20. The molecule has 2 atom stereocenters. The quantitative estimate of drug-likeness (QED) is 0.628. The molecule has 0 fully saturated rings. The minimum absolute atomic E-state index is 0.201. The number of benzene rings is 1. The van der Waals surface area contributed by atoms with E-state index in [-0.39, 0.29) is 6.61 Å². The number of amides is 2. The third kappa shape index (κ3) is 3.55. The molecule has 20 heavy (non-hydrogen) atoms. The Hall–Kier alpha value is -1.92. The molecule has 2 amide bonds. The number of hydrogen-bond donors (Lipinski definition) is 1. The zero-order chi connectivity index (χ0) is 15.2. The van der Waals surface area contributed by atoms with Crippen molar-refractivity contribution in [2.45, 2.75) is 19.4 Å². The summed E-state index contributed by atoms with van der Waals surface area (Å²) in [4.78, 5) is 29.0. The largest absolute Gasteiger partial charge is 0.550 e. The summed E-state index contributed by atoms with van der Waals surface area (Å²) < 4.78 is 4.33. The Morgan fingerprint density at radius 1 is 1.30 bits per heavy atom. The lowest BCUT2D eigenvalue weighted by Crippen LogP contribution is -2.61. The fourth-order valence-corrected chi connectivity index (χ4v) is 1.94. The molecule has 6 heteroatoms. The van der Waals surface area contributed by atoms with Gasteiger partial charge in [0.15, 0.2) is 0 Å². The molecule has 0 spiro atoms. The van der Waals surface area contributed by atoms with E-state index in [4.69, 9.17) is 15.3 Å². The smallest absolute Gasteiger partial charge is 0.418 e. The zero-order valence-electron chi connectivity index (χ0n) is 12.0. The Labute approximate surface area is 118 Å². The second-order valence-electron chi connectivity index (χ2n) is 4.48. The molecule has 0 aromatic heterocycles. The monoisotopic (exact) mass is 281 g/mol. The fourth-order valence-electron chi connectivity index (χ4n) is 1.94. The lowest BCUT2D eigenvalue weighted by atomic mass is 10.0. The summed E-state index contributed by atoms with van der Waals surface area (Å²) in [6.45, 7) is 1.89. The van der Waals surface area contributed by atoms with Gasteiger partial charge < -0.3 is 10.5 Å². The molecule has 0 aliphatic carbocycles. The maximum absolute atomic E-state index is 12.0. The zero-order valence-corrected chi connectivity index (χ0v) is 12.0. The molecule has 0 saturated carbocycles. The van der Waals surface area contributed by atoms with Crippen molar-refractivity contribution in [3.05, 3.63) is 35.9 Å². The van der Waals surface area contributed by atoms with Gasteiger partial charge in [-0.3, -0.25) is 4.79 Å². The van der Waals surface area contributed by atoms with E-state index in [0.717, 1.165) is 5.56 Å². The Morgan fingerprint density at radius 3 is 2.35 bits per heavy atom. The number of likely N-dealkylation sites (N-methyl/N-ethyl adjacent to an activating group) is 1. The first-order valence-corrected chi connectivity index (χ1v) is 6.38. The number of primary amides is 1. The number of carbonyl (C=O) groups is 2. The Bertz CT molecular complexity index is 464. The van der Waals surface area contributed by atoms with Crippen LogP contribution in [-0.2, 0) is 20.8 Å². The van der Waals surface area contributed by atoms with Crippen molar-refractivity contribution in [2.75, 3.05) is 20.8 Å². The lowest BCUT2D eigenvalue weighted by molar-refractivity contribution is -1.04. The van der Waals surface area contributed by atoms with Gasteiger partial charge in [0.05, 0.1) is 13.7 Å². The highest BCUT2D eigenvalue weighted by molar-refractivity contribution is 5.80. The standard InChI is InChI=1S/C14H20N2O4/c1-4-20-14(18)16(2,19-3)12(13(15)17)10-11-8-6-5-7-9-11/h5-9,12H,4,10H2,1-3H3,(H-,15,17)/p+1. The Morgan fingerprint density at radius 2 is 1.90 bits per heavy atom. The number of rotatable bonds is 6. The molecule has 1 aromatic carbocycles. The molecule has 6 nitrogen and oxygen atoms in total. The second-order valence-corrected chi connectivity index (χ2v) is 4.48. The van der Waals surface area contributed by atoms with Crippen LogP contribution in [0.4, 0.5) is 4.79 Å². The summed E-state index contributed by atoms with van der Waals surface area (Å²) in [6.07, 6.45) is -0.353. The van der Waals surface area contributed by atoms with Crippen molar-refractivity contribution < 1.29 is 23.8 Å². The maximum atomic E-state index is 12.0. The van der Waals surface area contributed by atoms with E-state index in [1.54, 1.807) is 6.92 Å². The minimum atomic E-state index is -0.860. The summed E-state index contributed by atoms with van der Waals surface area (Å²) in [7, 11) is 2.81. The predicted octanol–water partition coefficient (Wildman–Crippen LogP) is 1.25. The highest BCUT2D eigenvalue weighted by Gasteiger charge is 2.47. The molecule has 2 unspecified atom stereocenters. The molecular weight excluding hydrogens is 260 g/mol. The van der Waals surface area contributed by atoms with Crippen LogP contribution in [0.15, 0.2) is 30.3 Å². The van der Waals surface area contributed by atoms with Crippen LogP contribution >= 0.6 is 0 Å². The molecule has 0 aliphatic rings. The number of quaternary nitrogens is 1. The molecule has 0 saturated heterocycles. The molecule has 1 rings (SSSR count). The van der Waals surface area contributed by atoms with Crippen LogP contribution < -0.4 is 5.73 Å². The first-order valence-electron chi connectivity index (χ1n) is 6.38. The van der Waals surface area contributed by atoms with Gasteiger partial charge in [-0.25, -0.2) is 0 Å². The van der Waals surface area contributed by atoms with E-state index in [1.807, 2.05) is 30.3 Å². The van der Waals surface area contributed by atoms with Crippen molar-refractivity contribution in [1.82, 2.24) is 0 Å². The van der Waals surface area contributed by atoms with Crippen LogP contribution in [0.1, 0.15) is 12.5 Å². The van der Waals surface area contributed by atoms with Gasteiger partial charge in [0, 0.05) is 6.42 Å². The van der Waals surface area contributed by atoms with Gasteiger partial charge >= 0.3 is 6.09 Å². The second kappa shape index (κ2) is 7.02. The summed E-state index contributed by atoms with van der Waals surface area (Å²) in [5.41, 5.74) is 6.33. The molecule has 2 N–H and O–H groups in total. The summed E-state index contributed by atoms with van der Waals surface area (Å²) in [6, 6.07) is 8.45. The van der Waals surface area contributed by atoms with Crippen molar-refractivity contribution in [1.29, 1.82) is 0 Å². The molecule has 0 aliphatic heterocycles. The molecular formula is C14H21N2O4+. The average molecular weight is 281 g/mol. The van der Waals surface area contributed by atoms with Crippen LogP contribution in [0.2, 0.25) is 0 Å². The topological polar surface area (TPSA) is 78.6 Å². The van der Waals surface area contributed by atoms with Crippen LogP contribution in [0.25, 0.3) is 0 Å². The first kappa shape index (κ1) is 16.1. The van der Waals surface area contributed by atoms with Gasteiger partial charge in [-0.2, -0.15) is 9.63 Å². The lowest BCUT2D eigenvalue weighted by Gasteiger charge is -2.31. The molecule has 0 radical (unpaired) electrons. The Kier molecular flexibility index (Phi) is 5.66. The highest BCUT2D eigenvalue weighted by atomic mass is 16.8. The first-order chi connectivity index (χ1) is 9.45. The van der Waals surface area contributed by atoms with E-state index in [9.17, 15) is 9.59 Å². The van der Waals surface area contributed by atoms with Crippen molar-refractivity contribution >= 4 is 12.0 Å². The van der Waals surface area contributed by atoms with Crippen molar-refractivity contribution in [2.24, 2.45) is 5.73 Å². The van der Waals surface area contributed by atoms with Crippen LogP contribution in [0.3, 0.4) is 0 Å². The van der Waals surface area contributed by atoms with E-state index in [2.05, 4.69) is 0 Å². The van der Waals surface area contributed by atoms with E-state index in [1.165, 1.54) is 14.2 Å². The number of nitrogens with zero attached hydrogens (tertiary/aromatic N) is 1. The van der Waals surface area contributed by atoms with Gasteiger partial charge in [0.1, 0.15) is 7.05 Å². The number of hydrogen-bond acceptors (Lipinski definition) is 4. The van der Waals surface area contributed by atoms with E-state index < -0.39 is 22.7 Å². The van der Waals surface area contributed by atoms with Gasteiger partial charge in [0.25, 0.3) is 5.91 Å². The number of nitrogens with two attached hydrogens (primary N) is 1. The summed E-state index contributed by atoms with van der Waals surface area (Å²) >= 11 is 0. The summed E-state index contributed by atoms with van der Waals surface area (Å²) in [5, 5.41) is 0. The van der Waals surface area contributed by atoms with Gasteiger partial charge in [-0.05, 0) is 12.5 Å². The average Bonchev–Trinajstić information content (AvgIpc) is 2.45. The summed E-state index contributed by atoms with van der Waals surface area (Å²) in [5.74, 6) is -0.619. The number of carbonyl (C=O) groups excluding carboxylic acids is 2. The van der Waals surface area contributed by atoms with Gasteiger partial charge in [-0.1, -0.05) is 35.0 Å². The van der Waals surface area contributed by atoms with Crippen LogP contribution in [0, 0.1) is 0 Å². The number of ether oxygens (including phenoxy) is 1. The molecule has 0 heterocycles. The Balaban J connectivity index is 3.04. The highest BCUT2D eigenvalue weighted by Crippen LogP contribution is 2.18. The van der Waals surface area contributed by atoms with Crippen molar-refractivity contribution in [3.8, 4) is 0 Å². The van der Waals surface area contributed by atoms with E-state index >= 15 is 0 Å². The minimum Gasteiger partial charge on any atom is -0.418 e. The van der Waals surface area contributed by atoms with E-state index in [0.29, 0.717) is 6.42 Å². The molecule has 1 aromatic rings. The van der Waals surface area contributed by atoms with Crippen LogP contribution in [0.5, 0.6) is 0 Å².